The van der Waals surface area contributed by atoms with Gasteiger partial charge in [-0.15, -0.1) is 11.3 Å². The fraction of sp³-hybridized carbons (Fsp3) is 0.500. The van der Waals surface area contributed by atoms with E-state index < -0.39 is 12.1 Å². The zero-order chi connectivity index (χ0) is 26.4. The summed E-state index contributed by atoms with van der Waals surface area (Å²) in [6, 6.07) is 9.69. The van der Waals surface area contributed by atoms with E-state index in [1.165, 1.54) is 11.3 Å². The molecule has 9 nitrogen and oxygen atoms in total. The van der Waals surface area contributed by atoms with E-state index in [1.807, 2.05) is 30.3 Å². The predicted octanol–water partition coefficient (Wildman–Crippen LogP) is 2.21. The first kappa shape index (κ1) is 27.5. The zero-order valence-corrected chi connectivity index (χ0v) is 22.3. The van der Waals surface area contributed by atoms with Crippen molar-refractivity contribution in [2.24, 2.45) is 17.4 Å². The molecule has 2 aliphatic rings. The molecule has 2 amide bonds. The highest BCUT2D eigenvalue weighted by molar-refractivity contribution is 7.14. The third-order valence-corrected chi connectivity index (χ3v) is 8.29. The number of amidine groups is 1. The van der Waals surface area contributed by atoms with Crippen LogP contribution in [0.2, 0.25) is 5.02 Å². The average Bonchev–Trinajstić information content (AvgIpc) is 3.55. The van der Waals surface area contributed by atoms with Crippen LogP contribution in [0.1, 0.15) is 41.0 Å². The summed E-state index contributed by atoms with van der Waals surface area (Å²) in [7, 11) is 0. The second-order valence-electron chi connectivity index (χ2n) is 9.75. The van der Waals surface area contributed by atoms with Gasteiger partial charge in [0, 0.05) is 22.9 Å². The van der Waals surface area contributed by atoms with Crippen LogP contribution in [-0.4, -0.2) is 60.4 Å². The lowest BCUT2D eigenvalue weighted by atomic mass is 9.92. The molecule has 1 aromatic heterocycles. The topological polar surface area (TPSA) is 147 Å². The van der Waals surface area contributed by atoms with Crippen LogP contribution in [0.4, 0.5) is 0 Å². The summed E-state index contributed by atoms with van der Waals surface area (Å²) in [5, 5.41) is 14.5. The maximum absolute atomic E-state index is 13.4. The van der Waals surface area contributed by atoms with E-state index in [0.717, 1.165) is 36.4 Å². The van der Waals surface area contributed by atoms with Gasteiger partial charge in [0.05, 0.1) is 30.2 Å². The molecule has 1 aromatic carbocycles. The number of hydrogen-bond donors (Lipinski definition) is 5. The second-order valence-corrected chi connectivity index (χ2v) is 11.4. The molecule has 2 unspecified atom stereocenters. The number of ether oxygens (including phenoxy) is 1. The van der Waals surface area contributed by atoms with E-state index >= 15 is 0 Å². The van der Waals surface area contributed by atoms with Crippen molar-refractivity contribution >= 4 is 40.6 Å². The molecule has 4 rings (SSSR count). The molecule has 3 heterocycles. The summed E-state index contributed by atoms with van der Waals surface area (Å²) in [6.45, 7) is 2.83. The zero-order valence-electron chi connectivity index (χ0n) is 20.8. The largest absolute Gasteiger partial charge is 0.383 e. The van der Waals surface area contributed by atoms with Crippen LogP contribution in [0.5, 0.6) is 0 Å². The molecule has 11 heteroatoms. The molecule has 0 spiro atoms. The van der Waals surface area contributed by atoms with Crippen LogP contribution < -0.4 is 22.1 Å². The van der Waals surface area contributed by atoms with Crippen LogP contribution in [0.25, 0.3) is 0 Å². The Morgan fingerprint density at radius 1 is 1.27 bits per heavy atom. The minimum atomic E-state index is -0.662. The monoisotopic (exact) mass is 546 g/mol. The molecule has 2 aliphatic heterocycles. The number of nitrogens with zero attached hydrogens (tertiary/aromatic N) is 1. The van der Waals surface area contributed by atoms with E-state index in [2.05, 4.69) is 10.6 Å². The fourth-order valence-electron chi connectivity index (χ4n) is 4.91. The Balaban J connectivity index is 1.40. The first-order valence-electron chi connectivity index (χ1n) is 12.6. The summed E-state index contributed by atoms with van der Waals surface area (Å²) < 4.78 is 6.11. The number of carbonyl (C=O) groups excluding carboxylic acids is 2. The van der Waals surface area contributed by atoms with E-state index in [4.69, 9.17) is 33.2 Å². The van der Waals surface area contributed by atoms with Gasteiger partial charge in [0.25, 0.3) is 0 Å². The third-order valence-electron chi connectivity index (χ3n) is 6.91. The summed E-state index contributed by atoms with van der Waals surface area (Å²) in [4.78, 5) is 29.8. The molecule has 2 fully saturated rings. The molecule has 2 saturated heterocycles. The molecular formula is C26H35ClN6O3S. The number of thiophene rings is 1. The van der Waals surface area contributed by atoms with Gasteiger partial charge < -0.3 is 31.7 Å². The number of likely N-dealkylation sites (tertiary alicyclic amines) is 1. The number of amides is 2. The van der Waals surface area contributed by atoms with Crippen molar-refractivity contribution in [1.82, 2.24) is 15.5 Å². The number of nitrogens with two attached hydrogens (primary N) is 2. The van der Waals surface area contributed by atoms with Gasteiger partial charge in [0.1, 0.15) is 11.9 Å². The highest BCUT2D eigenvalue weighted by atomic mass is 35.5. The first-order valence-corrected chi connectivity index (χ1v) is 13.8. The highest BCUT2D eigenvalue weighted by Crippen LogP contribution is 2.25. The number of benzene rings is 1. The lowest BCUT2D eigenvalue weighted by Crippen LogP contribution is -2.52. The number of nitrogens with one attached hydrogen (secondary N) is 3. The number of nitrogen functional groups attached to an aromatic ring is 1. The summed E-state index contributed by atoms with van der Waals surface area (Å²) in [6.07, 6.45) is 2.83. The van der Waals surface area contributed by atoms with Crippen molar-refractivity contribution in [3.05, 3.63) is 56.7 Å². The van der Waals surface area contributed by atoms with Crippen molar-refractivity contribution < 1.29 is 14.3 Å². The van der Waals surface area contributed by atoms with Crippen molar-refractivity contribution in [3.8, 4) is 0 Å². The average molecular weight is 547 g/mol. The van der Waals surface area contributed by atoms with Crippen LogP contribution in [0, 0.1) is 11.3 Å². The molecule has 7 N–H and O–H groups in total. The van der Waals surface area contributed by atoms with Gasteiger partial charge in [-0.05, 0) is 68.1 Å². The summed E-state index contributed by atoms with van der Waals surface area (Å²) in [5.41, 5.74) is 12.9. The number of halogens is 1. The molecule has 0 saturated carbocycles. The lowest BCUT2D eigenvalue weighted by Gasteiger charge is -2.29. The first-order chi connectivity index (χ1) is 17.8. The molecule has 4 atom stereocenters. The van der Waals surface area contributed by atoms with Gasteiger partial charge in [-0.25, -0.2) is 0 Å². The number of carbonyl (C=O) groups is 2. The highest BCUT2D eigenvalue weighted by Gasteiger charge is 2.41. The van der Waals surface area contributed by atoms with Gasteiger partial charge in [0.2, 0.25) is 11.8 Å². The molecular weight excluding hydrogens is 512 g/mol. The minimum absolute atomic E-state index is 0.00188. The fourth-order valence-corrected chi connectivity index (χ4v) is 5.85. The molecule has 37 heavy (non-hydrogen) atoms. The Morgan fingerprint density at radius 3 is 2.73 bits per heavy atom. The van der Waals surface area contributed by atoms with Crippen LogP contribution in [-0.2, 0) is 27.5 Å². The normalized spacial score (nSPS) is 22.5. The third kappa shape index (κ3) is 7.52. The smallest absolute Gasteiger partial charge is 0.243 e. The van der Waals surface area contributed by atoms with Gasteiger partial charge >= 0.3 is 0 Å². The van der Waals surface area contributed by atoms with Crippen LogP contribution >= 0.6 is 22.9 Å². The minimum Gasteiger partial charge on any atom is -0.383 e. The van der Waals surface area contributed by atoms with Gasteiger partial charge in [-0.2, -0.15) is 0 Å². The number of hydrogen-bond acceptors (Lipinski definition) is 7. The van der Waals surface area contributed by atoms with Crippen molar-refractivity contribution in [2.75, 3.05) is 19.6 Å². The lowest BCUT2D eigenvalue weighted by molar-refractivity contribution is -0.140. The standard InChI is InChI=1S/C26H35ClN6O3S/c27-18-5-3-16(4-6-18)15-36-19-11-22(25(34)32-13-20-7-8-23(37-20)24(29)30)33(14-19)26(35)21(28)10-17-2-1-9-31-12-17/h3-8,17,19,21-22,31H,1-2,9-15,28H2,(H3,29,30)(H,32,34)/t17?,19-,21?,22-/m1/s1. The Kier molecular flexibility index (Phi) is 9.55. The van der Waals surface area contributed by atoms with Crippen molar-refractivity contribution in [1.29, 1.82) is 5.41 Å². The van der Waals surface area contributed by atoms with Gasteiger partial charge in [-0.3, -0.25) is 15.0 Å². The maximum atomic E-state index is 13.4. The molecule has 200 valence electrons. The molecule has 2 aromatic rings. The van der Waals surface area contributed by atoms with E-state index in [1.54, 1.807) is 11.0 Å². The maximum Gasteiger partial charge on any atom is 0.243 e. The predicted molar refractivity (Wildman–Crippen MR) is 146 cm³/mol. The quantitative estimate of drug-likeness (QED) is 0.228. The van der Waals surface area contributed by atoms with Gasteiger partial charge in [-0.1, -0.05) is 23.7 Å². The molecule has 0 bridgehead atoms. The number of piperidine rings is 1. The van der Waals surface area contributed by atoms with Crippen LogP contribution in [0.15, 0.2) is 36.4 Å². The number of rotatable bonds is 10. The molecule has 0 radical (unpaired) electrons. The van der Waals surface area contributed by atoms with Crippen molar-refractivity contribution in [2.45, 2.75) is 57.0 Å². The van der Waals surface area contributed by atoms with Crippen molar-refractivity contribution in [3.63, 3.8) is 0 Å². The second kappa shape index (κ2) is 12.8. The Bertz CT molecular complexity index is 1090. The Morgan fingerprint density at radius 2 is 2.05 bits per heavy atom. The summed E-state index contributed by atoms with van der Waals surface area (Å²) >= 11 is 7.34. The van der Waals surface area contributed by atoms with E-state index in [9.17, 15) is 9.59 Å². The SMILES string of the molecule is N=C(N)c1ccc(CNC(=O)[C@H]2C[C@@H](OCc3ccc(Cl)cc3)CN2C(=O)C(N)CC2CCCNC2)s1. The Labute approximate surface area is 226 Å². The van der Waals surface area contributed by atoms with E-state index in [-0.39, 0.29) is 23.8 Å². The molecule has 0 aliphatic carbocycles. The summed E-state index contributed by atoms with van der Waals surface area (Å²) in [5.74, 6) is -0.0969. The van der Waals surface area contributed by atoms with E-state index in [0.29, 0.717) is 48.4 Å². The van der Waals surface area contributed by atoms with Crippen LogP contribution in [0.3, 0.4) is 0 Å². The Hall–Kier alpha value is -2.50. The van der Waals surface area contributed by atoms with Gasteiger partial charge in [0.15, 0.2) is 0 Å².